The van der Waals surface area contributed by atoms with Gasteiger partial charge in [0.15, 0.2) is 0 Å². The Morgan fingerprint density at radius 3 is 2.68 bits per heavy atom. The van der Waals surface area contributed by atoms with E-state index < -0.39 is 0 Å². The molecule has 3 heteroatoms. The van der Waals surface area contributed by atoms with Crippen molar-refractivity contribution in [1.29, 1.82) is 0 Å². The van der Waals surface area contributed by atoms with Crippen molar-refractivity contribution in [1.82, 2.24) is 4.90 Å². The van der Waals surface area contributed by atoms with Crippen LogP contribution >= 0.6 is 0 Å². The molecule has 0 aliphatic heterocycles. The highest BCUT2D eigenvalue weighted by Crippen LogP contribution is 2.27. The quantitative estimate of drug-likeness (QED) is 0.776. The Bertz CT molecular complexity index is 581. The van der Waals surface area contributed by atoms with Gasteiger partial charge in [0.25, 0.3) is 0 Å². The molecule has 0 saturated heterocycles. The van der Waals surface area contributed by atoms with Crippen LogP contribution in [0.1, 0.15) is 63.4 Å². The molecule has 2 aliphatic carbocycles. The summed E-state index contributed by atoms with van der Waals surface area (Å²) in [5.74, 6) is 0.229. The zero-order valence-corrected chi connectivity index (χ0v) is 15.2. The van der Waals surface area contributed by atoms with E-state index in [1.165, 1.54) is 36.8 Å². The maximum atomic E-state index is 13.1. The minimum Gasteiger partial charge on any atom is -0.393 e. The molecule has 1 aromatic carbocycles. The van der Waals surface area contributed by atoms with Crippen molar-refractivity contribution >= 4 is 5.91 Å². The van der Waals surface area contributed by atoms with Crippen LogP contribution in [-0.2, 0) is 11.3 Å². The molecule has 2 atom stereocenters. The molecule has 1 saturated carbocycles. The van der Waals surface area contributed by atoms with E-state index in [0.29, 0.717) is 13.0 Å². The molecule has 1 N–H and O–H groups in total. The minimum atomic E-state index is -0.303. The van der Waals surface area contributed by atoms with E-state index in [2.05, 4.69) is 18.2 Å². The van der Waals surface area contributed by atoms with E-state index in [-0.39, 0.29) is 17.9 Å². The van der Waals surface area contributed by atoms with Crippen LogP contribution in [0.15, 0.2) is 42.0 Å². The number of aliphatic hydroxyl groups excluding tert-OH is 1. The highest BCUT2D eigenvalue weighted by Gasteiger charge is 2.29. The summed E-state index contributed by atoms with van der Waals surface area (Å²) in [4.78, 5) is 15.2. The molecular weight excluding hydrogens is 310 g/mol. The summed E-state index contributed by atoms with van der Waals surface area (Å²) in [6.07, 6.45) is 11.4. The van der Waals surface area contributed by atoms with Crippen molar-refractivity contribution < 1.29 is 9.90 Å². The van der Waals surface area contributed by atoms with Gasteiger partial charge < -0.3 is 10.0 Å². The molecule has 136 valence electrons. The Kier molecular flexibility index (Phi) is 6.69. The van der Waals surface area contributed by atoms with E-state index in [4.69, 9.17) is 0 Å². The second-order valence-electron chi connectivity index (χ2n) is 7.62. The van der Waals surface area contributed by atoms with Gasteiger partial charge in [-0.2, -0.15) is 0 Å². The summed E-state index contributed by atoms with van der Waals surface area (Å²) >= 11 is 0. The molecule has 0 unspecified atom stereocenters. The highest BCUT2D eigenvalue weighted by molar-refractivity contribution is 5.79. The van der Waals surface area contributed by atoms with E-state index in [1.807, 2.05) is 23.1 Å². The number of rotatable bonds is 6. The molecule has 2 aliphatic rings. The third-order valence-electron chi connectivity index (χ3n) is 5.61. The third-order valence-corrected chi connectivity index (χ3v) is 5.61. The molecular formula is C22H31NO2. The number of allylic oxidation sites excluding steroid dienone is 1. The maximum Gasteiger partial charge on any atom is 0.226 e. The zero-order valence-electron chi connectivity index (χ0n) is 15.2. The maximum absolute atomic E-state index is 13.1. The Morgan fingerprint density at radius 2 is 1.96 bits per heavy atom. The molecule has 3 rings (SSSR count). The van der Waals surface area contributed by atoms with Gasteiger partial charge in [-0.05, 0) is 56.9 Å². The molecule has 25 heavy (non-hydrogen) atoms. The predicted octanol–water partition coefficient (Wildman–Crippen LogP) is 4.46. The Hall–Kier alpha value is -1.61. The number of carbonyl (C=O) groups excluding carboxylic acids is 1. The van der Waals surface area contributed by atoms with Crippen molar-refractivity contribution in [2.45, 2.75) is 70.4 Å². The number of nitrogens with zero attached hydrogens (tertiary/aromatic N) is 1. The SMILES string of the molecule is O=C([C@@H]1CCC[C@H](O)C1)N(CCC1=CCCCC1)Cc1ccccc1. The van der Waals surface area contributed by atoms with Crippen LogP contribution in [0, 0.1) is 5.92 Å². The number of amides is 1. The van der Waals surface area contributed by atoms with E-state index in [9.17, 15) is 9.90 Å². The zero-order chi connectivity index (χ0) is 17.5. The number of aliphatic hydroxyl groups is 1. The Balaban J connectivity index is 1.66. The average Bonchev–Trinajstić information content (AvgIpc) is 2.66. The van der Waals surface area contributed by atoms with Crippen LogP contribution in [0.2, 0.25) is 0 Å². The second-order valence-corrected chi connectivity index (χ2v) is 7.62. The fourth-order valence-electron chi connectivity index (χ4n) is 4.13. The topological polar surface area (TPSA) is 40.5 Å². The molecule has 3 nitrogen and oxygen atoms in total. The molecule has 1 fully saturated rings. The van der Waals surface area contributed by atoms with Gasteiger partial charge in [0.1, 0.15) is 0 Å². The van der Waals surface area contributed by atoms with Gasteiger partial charge in [-0.25, -0.2) is 0 Å². The van der Waals surface area contributed by atoms with Gasteiger partial charge >= 0.3 is 0 Å². The predicted molar refractivity (Wildman–Crippen MR) is 101 cm³/mol. The van der Waals surface area contributed by atoms with Crippen LogP contribution in [0.25, 0.3) is 0 Å². The van der Waals surface area contributed by atoms with Crippen LogP contribution in [0.3, 0.4) is 0 Å². The van der Waals surface area contributed by atoms with Crippen LogP contribution in [0.4, 0.5) is 0 Å². The van der Waals surface area contributed by atoms with Gasteiger partial charge in [0.2, 0.25) is 5.91 Å². The van der Waals surface area contributed by atoms with E-state index in [1.54, 1.807) is 0 Å². The number of carbonyl (C=O) groups is 1. The fourth-order valence-corrected chi connectivity index (χ4v) is 4.13. The van der Waals surface area contributed by atoms with Gasteiger partial charge in [0, 0.05) is 19.0 Å². The Morgan fingerprint density at radius 1 is 1.12 bits per heavy atom. The normalized spacial score (nSPS) is 23.8. The highest BCUT2D eigenvalue weighted by atomic mass is 16.3. The van der Waals surface area contributed by atoms with Gasteiger partial charge in [0.05, 0.1) is 6.10 Å². The first-order valence-electron chi connectivity index (χ1n) is 9.91. The van der Waals surface area contributed by atoms with E-state index >= 15 is 0 Å². The summed E-state index contributed by atoms with van der Waals surface area (Å²) < 4.78 is 0. The molecule has 1 amide bonds. The summed E-state index contributed by atoms with van der Waals surface area (Å²) in [5, 5.41) is 9.95. The second kappa shape index (κ2) is 9.19. The number of hydrogen-bond donors (Lipinski definition) is 1. The summed E-state index contributed by atoms with van der Waals surface area (Å²) in [6, 6.07) is 10.3. The first kappa shape index (κ1) is 18.2. The standard InChI is InChI=1S/C22H31NO2/c24-21-13-7-12-20(16-21)22(25)23(17-19-10-5-2-6-11-19)15-14-18-8-3-1-4-9-18/h2,5-6,8,10-11,20-21,24H,1,3-4,7,9,12-17H2/t20-,21+/m1/s1. The average molecular weight is 341 g/mol. The lowest BCUT2D eigenvalue weighted by Gasteiger charge is -2.31. The van der Waals surface area contributed by atoms with Crippen molar-refractivity contribution in [3.63, 3.8) is 0 Å². The first-order valence-corrected chi connectivity index (χ1v) is 9.91. The molecule has 1 aromatic rings. The lowest BCUT2D eigenvalue weighted by atomic mass is 9.86. The molecule has 0 bridgehead atoms. The number of hydrogen-bond acceptors (Lipinski definition) is 2. The van der Waals surface area contributed by atoms with Gasteiger partial charge in [-0.3, -0.25) is 4.79 Å². The molecule has 0 spiro atoms. The van der Waals surface area contributed by atoms with Gasteiger partial charge in [-0.15, -0.1) is 0 Å². The van der Waals surface area contributed by atoms with Crippen molar-refractivity contribution in [3.05, 3.63) is 47.5 Å². The van der Waals surface area contributed by atoms with Crippen LogP contribution < -0.4 is 0 Å². The summed E-state index contributed by atoms with van der Waals surface area (Å²) in [5.41, 5.74) is 2.70. The lowest BCUT2D eigenvalue weighted by molar-refractivity contribution is -0.138. The van der Waals surface area contributed by atoms with Crippen LogP contribution in [0.5, 0.6) is 0 Å². The largest absolute Gasteiger partial charge is 0.393 e. The van der Waals surface area contributed by atoms with E-state index in [0.717, 1.165) is 32.2 Å². The van der Waals surface area contributed by atoms with Crippen LogP contribution in [-0.4, -0.2) is 28.6 Å². The van der Waals surface area contributed by atoms with Crippen molar-refractivity contribution in [3.8, 4) is 0 Å². The summed E-state index contributed by atoms with van der Waals surface area (Å²) in [6.45, 7) is 1.48. The third kappa shape index (κ3) is 5.43. The smallest absolute Gasteiger partial charge is 0.226 e. The Labute approximate surface area is 151 Å². The minimum absolute atomic E-state index is 0.00667. The monoisotopic (exact) mass is 341 g/mol. The summed E-state index contributed by atoms with van der Waals surface area (Å²) in [7, 11) is 0. The molecule has 0 heterocycles. The van der Waals surface area contributed by atoms with Crippen molar-refractivity contribution in [2.24, 2.45) is 5.92 Å². The molecule has 0 radical (unpaired) electrons. The first-order chi connectivity index (χ1) is 12.2. The van der Waals surface area contributed by atoms with Crippen molar-refractivity contribution in [2.75, 3.05) is 6.54 Å². The fraction of sp³-hybridized carbons (Fsp3) is 0.591. The lowest BCUT2D eigenvalue weighted by Crippen LogP contribution is -2.39. The number of benzene rings is 1. The van der Waals surface area contributed by atoms with Gasteiger partial charge in [-0.1, -0.05) is 48.4 Å². The molecule has 0 aromatic heterocycles.